The highest BCUT2D eigenvalue weighted by atomic mass is 19.1. The van der Waals surface area contributed by atoms with Gasteiger partial charge >= 0.3 is 12.0 Å². The second-order valence-corrected chi connectivity index (χ2v) is 6.69. The summed E-state index contributed by atoms with van der Waals surface area (Å²) in [5.74, 6) is -2.49. The Labute approximate surface area is 160 Å². The quantitative estimate of drug-likeness (QED) is 0.700. The van der Waals surface area contributed by atoms with E-state index in [9.17, 15) is 18.4 Å². The Morgan fingerprint density at radius 2 is 1.64 bits per heavy atom. The molecule has 0 heterocycles. The molecule has 0 atom stereocenters. The maximum Gasteiger partial charge on any atom is 0.319 e. The molecule has 0 bridgehead atoms. The number of aliphatic carboxylic acids is 1. The van der Waals surface area contributed by atoms with Crippen LogP contribution in [-0.4, -0.2) is 23.1 Å². The number of urea groups is 1. The van der Waals surface area contributed by atoms with Gasteiger partial charge in [-0.3, -0.25) is 4.79 Å². The number of hydrogen-bond donors (Lipinski definition) is 3. The van der Waals surface area contributed by atoms with Crippen LogP contribution in [0, 0.1) is 17.6 Å². The SMILES string of the molecule is O=C(Nc1ccccc1Oc1cc(F)cc(F)c1)NC1CCC(C(=O)O)CC1. The number of anilines is 1. The lowest BCUT2D eigenvalue weighted by molar-refractivity contribution is -0.142. The minimum Gasteiger partial charge on any atom is -0.481 e. The fraction of sp³-hybridized carbons (Fsp3) is 0.300. The number of carbonyl (C=O) groups is 2. The molecule has 1 saturated carbocycles. The Bertz CT molecular complexity index is 847. The third-order valence-corrected chi connectivity index (χ3v) is 4.61. The van der Waals surface area contributed by atoms with Crippen molar-refractivity contribution < 1.29 is 28.2 Å². The van der Waals surface area contributed by atoms with E-state index in [-0.39, 0.29) is 23.5 Å². The average molecular weight is 390 g/mol. The van der Waals surface area contributed by atoms with Gasteiger partial charge in [0, 0.05) is 24.2 Å². The Hall–Kier alpha value is -3.16. The van der Waals surface area contributed by atoms with Crippen LogP contribution in [0.3, 0.4) is 0 Å². The predicted octanol–water partition coefficient (Wildman–Crippen LogP) is 4.52. The molecule has 2 aromatic rings. The lowest BCUT2D eigenvalue weighted by atomic mass is 9.86. The van der Waals surface area contributed by atoms with Gasteiger partial charge in [0.25, 0.3) is 0 Å². The molecular formula is C20H20F2N2O4. The first-order chi connectivity index (χ1) is 13.4. The molecule has 6 nitrogen and oxygen atoms in total. The van der Waals surface area contributed by atoms with Crippen LogP contribution in [0.1, 0.15) is 25.7 Å². The van der Waals surface area contributed by atoms with Crippen molar-refractivity contribution in [3.63, 3.8) is 0 Å². The number of nitrogens with one attached hydrogen (secondary N) is 2. The highest BCUT2D eigenvalue weighted by Gasteiger charge is 2.26. The molecule has 2 amide bonds. The van der Waals surface area contributed by atoms with Gasteiger partial charge in [-0.15, -0.1) is 0 Å². The molecule has 1 fully saturated rings. The molecule has 1 aliphatic carbocycles. The number of amides is 2. The average Bonchev–Trinajstić information content (AvgIpc) is 2.63. The molecule has 148 valence electrons. The summed E-state index contributed by atoms with van der Waals surface area (Å²) in [6.45, 7) is 0. The summed E-state index contributed by atoms with van der Waals surface area (Å²) in [6.07, 6.45) is 2.21. The molecular weight excluding hydrogens is 370 g/mol. The maximum atomic E-state index is 13.3. The lowest BCUT2D eigenvalue weighted by Crippen LogP contribution is -2.41. The van der Waals surface area contributed by atoms with Gasteiger partial charge in [-0.1, -0.05) is 12.1 Å². The number of halogens is 2. The van der Waals surface area contributed by atoms with Gasteiger partial charge in [0.15, 0.2) is 5.75 Å². The van der Waals surface area contributed by atoms with E-state index in [2.05, 4.69) is 10.6 Å². The zero-order valence-corrected chi connectivity index (χ0v) is 15.0. The monoisotopic (exact) mass is 390 g/mol. The van der Waals surface area contributed by atoms with Crippen molar-refractivity contribution >= 4 is 17.7 Å². The van der Waals surface area contributed by atoms with E-state index in [1.54, 1.807) is 24.3 Å². The minimum absolute atomic E-state index is 0.0286. The number of ether oxygens (including phenoxy) is 1. The second-order valence-electron chi connectivity index (χ2n) is 6.69. The summed E-state index contributed by atoms with van der Waals surface area (Å²) in [5.41, 5.74) is 0.337. The van der Waals surface area contributed by atoms with Crippen LogP contribution >= 0.6 is 0 Å². The number of benzene rings is 2. The largest absolute Gasteiger partial charge is 0.481 e. The first kappa shape index (κ1) is 19.6. The Morgan fingerprint density at radius 3 is 2.29 bits per heavy atom. The van der Waals surface area contributed by atoms with E-state index in [1.165, 1.54) is 0 Å². The first-order valence-corrected chi connectivity index (χ1v) is 8.94. The molecule has 0 aromatic heterocycles. The fourth-order valence-electron chi connectivity index (χ4n) is 3.20. The smallest absolute Gasteiger partial charge is 0.319 e. The Morgan fingerprint density at radius 1 is 1.00 bits per heavy atom. The number of carbonyl (C=O) groups excluding carboxylic acids is 1. The molecule has 0 unspecified atom stereocenters. The normalized spacial score (nSPS) is 18.9. The minimum atomic E-state index is -0.803. The van der Waals surface area contributed by atoms with E-state index in [4.69, 9.17) is 9.84 Å². The standard InChI is InChI=1S/C20H20F2N2O4/c21-13-9-14(22)11-16(10-13)28-18-4-2-1-3-17(18)24-20(27)23-15-7-5-12(6-8-15)19(25)26/h1-4,9-12,15H,5-8H2,(H,25,26)(H2,23,24,27). The summed E-state index contributed by atoms with van der Waals surface area (Å²) >= 11 is 0. The van der Waals surface area contributed by atoms with Crippen molar-refractivity contribution in [2.75, 3.05) is 5.32 Å². The summed E-state index contributed by atoms with van der Waals surface area (Å²) in [4.78, 5) is 23.3. The van der Waals surface area contributed by atoms with Crippen LogP contribution < -0.4 is 15.4 Å². The van der Waals surface area contributed by atoms with Gasteiger partial charge in [0.1, 0.15) is 17.4 Å². The van der Waals surface area contributed by atoms with Gasteiger partial charge < -0.3 is 20.5 Å². The molecule has 0 spiro atoms. The van der Waals surface area contributed by atoms with Gasteiger partial charge in [-0.2, -0.15) is 0 Å². The van der Waals surface area contributed by atoms with E-state index in [0.29, 0.717) is 31.4 Å². The number of hydrogen-bond acceptors (Lipinski definition) is 3. The maximum absolute atomic E-state index is 13.3. The van der Waals surface area contributed by atoms with Crippen LogP contribution in [0.5, 0.6) is 11.5 Å². The zero-order chi connectivity index (χ0) is 20.1. The van der Waals surface area contributed by atoms with Crippen molar-refractivity contribution in [1.29, 1.82) is 0 Å². The van der Waals surface area contributed by atoms with Crippen LogP contribution in [0.2, 0.25) is 0 Å². The molecule has 3 N–H and O–H groups in total. The summed E-state index contributed by atoms with van der Waals surface area (Å²) in [6, 6.07) is 8.78. The van der Waals surface area contributed by atoms with Crippen LogP contribution in [0.15, 0.2) is 42.5 Å². The second kappa shape index (κ2) is 8.69. The highest BCUT2D eigenvalue weighted by Crippen LogP contribution is 2.30. The Balaban J connectivity index is 1.61. The van der Waals surface area contributed by atoms with E-state index in [1.807, 2.05) is 0 Å². The molecule has 0 aliphatic heterocycles. The molecule has 3 rings (SSSR count). The van der Waals surface area contributed by atoms with E-state index >= 15 is 0 Å². The number of rotatable bonds is 5. The highest BCUT2D eigenvalue weighted by molar-refractivity contribution is 5.91. The van der Waals surface area contributed by atoms with Crippen molar-refractivity contribution in [3.05, 3.63) is 54.1 Å². The molecule has 8 heteroatoms. The van der Waals surface area contributed by atoms with Crippen LogP contribution in [0.4, 0.5) is 19.3 Å². The molecule has 1 aliphatic rings. The van der Waals surface area contributed by atoms with Crippen molar-refractivity contribution in [3.8, 4) is 11.5 Å². The topological polar surface area (TPSA) is 87.7 Å². The lowest BCUT2D eigenvalue weighted by Gasteiger charge is -2.27. The van der Waals surface area contributed by atoms with Crippen molar-refractivity contribution in [1.82, 2.24) is 5.32 Å². The van der Waals surface area contributed by atoms with Gasteiger partial charge in [0.2, 0.25) is 0 Å². The van der Waals surface area contributed by atoms with E-state index < -0.39 is 23.6 Å². The Kier molecular flexibility index (Phi) is 6.08. The van der Waals surface area contributed by atoms with Crippen LogP contribution in [-0.2, 0) is 4.79 Å². The molecule has 0 radical (unpaired) electrons. The third-order valence-electron chi connectivity index (χ3n) is 4.61. The number of para-hydroxylation sites is 2. The molecule has 0 saturated heterocycles. The van der Waals surface area contributed by atoms with Crippen molar-refractivity contribution in [2.45, 2.75) is 31.7 Å². The predicted molar refractivity (Wildman–Crippen MR) is 98.4 cm³/mol. The van der Waals surface area contributed by atoms with Gasteiger partial charge in [-0.25, -0.2) is 13.6 Å². The molecule has 28 heavy (non-hydrogen) atoms. The van der Waals surface area contributed by atoms with Gasteiger partial charge in [-0.05, 0) is 37.8 Å². The van der Waals surface area contributed by atoms with E-state index in [0.717, 1.165) is 18.2 Å². The molecule has 2 aromatic carbocycles. The summed E-state index contributed by atoms with van der Waals surface area (Å²) < 4.78 is 32.2. The third kappa shape index (κ3) is 5.18. The van der Waals surface area contributed by atoms with Crippen molar-refractivity contribution in [2.24, 2.45) is 5.92 Å². The summed E-state index contributed by atoms with van der Waals surface area (Å²) in [5, 5.41) is 14.5. The zero-order valence-electron chi connectivity index (χ0n) is 15.0. The number of carboxylic acids is 1. The van der Waals surface area contributed by atoms with Gasteiger partial charge in [0.05, 0.1) is 11.6 Å². The fourth-order valence-corrected chi connectivity index (χ4v) is 3.20. The summed E-state index contributed by atoms with van der Waals surface area (Å²) in [7, 11) is 0. The first-order valence-electron chi connectivity index (χ1n) is 8.94. The number of carboxylic acid groups (broad SMARTS) is 1. The van der Waals surface area contributed by atoms with Crippen LogP contribution in [0.25, 0.3) is 0 Å².